The average Bonchev–Trinajstić information content (AvgIpc) is 2.73. The van der Waals surface area contributed by atoms with E-state index in [0.717, 1.165) is 18.7 Å². The number of rotatable bonds is 4. The van der Waals surface area contributed by atoms with Gasteiger partial charge < -0.3 is 10.2 Å². The molecule has 0 bridgehead atoms. The lowest BCUT2D eigenvalue weighted by atomic mass is 10.1. The first-order chi connectivity index (χ1) is 10.3. The highest BCUT2D eigenvalue weighted by atomic mass is 19.1. The Hall–Kier alpha value is -1.43. The van der Waals surface area contributed by atoms with Crippen molar-refractivity contribution in [3.63, 3.8) is 0 Å². The Morgan fingerprint density at radius 1 is 1.55 bits per heavy atom. The highest BCUT2D eigenvalue weighted by Gasteiger charge is 2.32. The van der Waals surface area contributed by atoms with Crippen LogP contribution in [0.3, 0.4) is 0 Å². The molecule has 124 valence electrons. The number of amides is 1. The van der Waals surface area contributed by atoms with Gasteiger partial charge in [0.15, 0.2) is 0 Å². The Morgan fingerprint density at radius 2 is 2.27 bits per heavy atom. The Balaban J connectivity index is 2.23. The number of carbonyl (C=O) groups is 1. The molecule has 1 amide bonds. The summed E-state index contributed by atoms with van der Waals surface area (Å²) < 4.78 is 16.2. The Morgan fingerprint density at radius 3 is 2.91 bits per heavy atom. The van der Waals surface area contributed by atoms with Crippen molar-refractivity contribution < 1.29 is 9.18 Å². The monoisotopic (exact) mass is 310 g/mol. The number of alkyl halides is 1. The lowest BCUT2D eigenvalue weighted by molar-refractivity contribution is 0.0655. The van der Waals surface area contributed by atoms with E-state index >= 15 is 0 Å². The number of hydrogen-bond acceptors (Lipinski definition) is 3. The fourth-order valence-electron chi connectivity index (χ4n) is 2.91. The quantitative estimate of drug-likeness (QED) is 0.924. The minimum atomic E-state index is -1.40. The van der Waals surface area contributed by atoms with Gasteiger partial charge in [-0.25, -0.2) is 4.39 Å². The maximum atomic E-state index is 14.3. The van der Waals surface area contributed by atoms with Gasteiger partial charge in [-0.2, -0.15) is 5.10 Å². The van der Waals surface area contributed by atoms with Gasteiger partial charge in [-0.3, -0.25) is 9.48 Å². The zero-order valence-corrected chi connectivity index (χ0v) is 14.0. The molecule has 1 aromatic heterocycles. The van der Waals surface area contributed by atoms with Gasteiger partial charge >= 0.3 is 0 Å². The molecule has 1 unspecified atom stereocenters. The van der Waals surface area contributed by atoms with Crippen molar-refractivity contribution in [2.24, 2.45) is 5.92 Å². The number of nitrogens with one attached hydrogen (secondary N) is 1. The van der Waals surface area contributed by atoms with Crippen LogP contribution in [-0.2, 0) is 13.0 Å². The van der Waals surface area contributed by atoms with E-state index in [2.05, 4.69) is 24.3 Å². The van der Waals surface area contributed by atoms with Gasteiger partial charge in [0.2, 0.25) is 0 Å². The molecule has 2 rings (SSSR count). The van der Waals surface area contributed by atoms with Crippen LogP contribution < -0.4 is 5.32 Å². The summed E-state index contributed by atoms with van der Waals surface area (Å²) in [5, 5.41) is 7.41. The predicted molar refractivity (Wildman–Crippen MR) is 84.7 cm³/mol. The van der Waals surface area contributed by atoms with Crippen molar-refractivity contribution in [3.8, 4) is 0 Å². The zero-order valence-electron chi connectivity index (χ0n) is 14.0. The second-order valence-corrected chi connectivity index (χ2v) is 6.75. The van der Waals surface area contributed by atoms with Crippen LogP contribution in [-0.4, -0.2) is 52.4 Å². The van der Waals surface area contributed by atoms with E-state index in [-0.39, 0.29) is 19.0 Å². The largest absolute Gasteiger partial charge is 0.334 e. The van der Waals surface area contributed by atoms with E-state index < -0.39 is 5.67 Å². The molecule has 0 spiro atoms. The molecule has 1 N–H and O–H groups in total. The number of halogens is 1. The fourth-order valence-corrected chi connectivity index (χ4v) is 2.91. The van der Waals surface area contributed by atoms with Crippen LogP contribution in [0.5, 0.6) is 0 Å². The van der Waals surface area contributed by atoms with E-state index in [1.165, 1.54) is 6.92 Å². The van der Waals surface area contributed by atoms with Crippen molar-refractivity contribution in [1.82, 2.24) is 20.0 Å². The van der Waals surface area contributed by atoms with E-state index in [1.807, 2.05) is 11.6 Å². The van der Waals surface area contributed by atoms with E-state index in [9.17, 15) is 9.18 Å². The summed E-state index contributed by atoms with van der Waals surface area (Å²) in [6.07, 6.45) is 2.38. The van der Waals surface area contributed by atoms with Gasteiger partial charge in [0.25, 0.3) is 5.91 Å². The molecule has 1 aliphatic heterocycles. The molecule has 0 saturated carbocycles. The average molecular weight is 310 g/mol. The van der Waals surface area contributed by atoms with Crippen LogP contribution in [0.25, 0.3) is 0 Å². The van der Waals surface area contributed by atoms with Crippen LogP contribution in [0, 0.1) is 5.92 Å². The Kier molecular flexibility index (Phi) is 5.21. The smallest absolute Gasteiger partial charge is 0.257 e. The van der Waals surface area contributed by atoms with Crippen LogP contribution in [0.15, 0.2) is 6.20 Å². The van der Waals surface area contributed by atoms with Gasteiger partial charge in [-0.1, -0.05) is 20.8 Å². The SMILES string of the molecule is CCc1c(C(=O)N2CCNCC(C)(F)C2)cnn1CC(C)C. The second kappa shape index (κ2) is 6.77. The first-order valence-electron chi connectivity index (χ1n) is 8.07. The van der Waals surface area contributed by atoms with Crippen LogP contribution in [0.2, 0.25) is 0 Å². The van der Waals surface area contributed by atoms with E-state index in [1.54, 1.807) is 11.1 Å². The van der Waals surface area contributed by atoms with Crippen molar-refractivity contribution >= 4 is 5.91 Å². The first kappa shape index (κ1) is 16.9. The number of aromatic nitrogens is 2. The third kappa shape index (κ3) is 3.85. The molecule has 22 heavy (non-hydrogen) atoms. The van der Waals surface area contributed by atoms with Gasteiger partial charge in [0, 0.05) is 26.2 Å². The van der Waals surface area contributed by atoms with E-state index in [0.29, 0.717) is 24.6 Å². The lowest BCUT2D eigenvalue weighted by Gasteiger charge is -2.26. The summed E-state index contributed by atoms with van der Waals surface area (Å²) in [6, 6.07) is 0. The summed E-state index contributed by atoms with van der Waals surface area (Å²) in [6.45, 7) is 10.1. The normalized spacial score (nSPS) is 22.9. The molecular weight excluding hydrogens is 283 g/mol. The maximum absolute atomic E-state index is 14.3. The summed E-state index contributed by atoms with van der Waals surface area (Å²) in [5.41, 5.74) is 0.157. The minimum Gasteiger partial charge on any atom is -0.334 e. The lowest BCUT2D eigenvalue weighted by Crippen LogP contribution is -2.42. The van der Waals surface area contributed by atoms with Crippen molar-refractivity contribution in [3.05, 3.63) is 17.5 Å². The van der Waals surface area contributed by atoms with Crippen LogP contribution in [0.1, 0.15) is 43.7 Å². The topological polar surface area (TPSA) is 50.2 Å². The van der Waals surface area contributed by atoms with Crippen molar-refractivity contribution in [2.75, 3.05) is 26.2 Å². The standard InChI is InChI=1S/C16H27FN4O/c1-5-14-13(8-19-21(14)9-12(2)3)15(22)20-7-6-18-10-16(4,17)11-20/h8,12,18H,5-7,9-11H2,1-4H3. The molecule has 2 heterocycles. The fraction of sp³-hybridized carbons (Fsp3) is 0.750. The molecule has 0 aliphatic carbocycles. The first-order valence-corrected chi connectivity index (χ1v) is 8.07. The molecule has 1 aromatic rings. The molecule has 1 saturated heterocycles. The van der Waals surface area contributed by atoms with Gasteiger partial charge in [0.05, 0.1) is 24.0 Å². The minimum absolute atomic E-state index is 0.112. The van der Waals surface area contributed by atoms with Crippen LogP contribution in [0.4, 0.5) is 4.39 Å². The highest BCUT2D eigenvalue weighted by molar-refractivity contribution is 5.95. The summed E-state index contributed by atoms with van der Waals surface area (Å²) in [4.78, 5) is 14.4. The third-order valence-corrected chi connectivity index (χ3v) is 3.91. The molecule has 1 fully saturated rings. The summed E-state index contributed by atoms with van der Waals surface area (Å²) in [7, 11) is 0. The van der Waals surface area contributed by atoms with Gasteiger partial charge in [-0.05, 0) is 19.3 Å². The van der Waals surface area contributed by atoms with Gasteiger partial charge in [-0.15, -0.1) is 0 Å². The molecular formula is C16H27FN4O. The highest BCUT2D eigenvalue weighted by Crippen LogP contribution is 2.19. The Labute approximate surface area is 131 Å². The molecule has 0 radical (unpaired) electrons. The molecule has 0 aromatic carbocycles. The number of carbonyl (C=O) groups excluding carboxylic acids is 1. The maximum Gasteiger partial charge on any atom is 0.257 e. The molecule has 1 atom stereocenters. The number of hydrogen-bond donors (Lipinski definition) is 1. The second-order valence-electron chi connectivity index (χ2n) is 6.75. The Bertz CT molecular complexity index is 524. The van der Waals surface area contributed by atoms with Crippen LogP contribution >= 0.6 is 0 Å². The van der Waals surface area contributed by atoms with Gasteiger partial charge in [0.1, 0.15) is 5.67 Å². The molecule has 6 heteroatoms. The predicted octanol–water partition coefficient (Wildman–Crippen LogP) is 1.88. The third-order valence-electron chi connectivity index (χ3n) is 3.91. The number of nitrogens with zero attached hydrogens (tertiary/aromatic N) is 3. The van der Waals surface area contributed by atoms with Crippen molar-refractivity contribution in [1.29, 1.82) is 0 Å². The summed E-state index contributed by atoms with van der Waals surface area (Å²) >= 11 is 0. The molecule has 1 aliphatic rings. The zero-order chi connectivity index (χ0) is 16.3. The van der Waals surface area contributed by atoms with E-state index in [4.69, 9.17) is 0 Å². The molecule has 5 nitrogen and oxygen atoms in total. The van der Waals surface area contributed by atoms with Crippen molar-refractivity contribution in [2.45, 2.75) is 46.3 Å². The summed E-state index contributed by atoms with van der Waals surface area (Å²) in [5.74, 6) is 0.351.